The number of carboxylic acids is 1. The molecule has 0 aromatic rings. The number of aliphatic carboxylic acids is 1. The zero-order valence-electron chi connectivity index (χ0n) is 21.7. The van der Waals surface area contributed by atoms with E-state index in [1.165, 1.54) is 19.4 Å². The van der Waals surface area contributed by atoms with E-state index in [9.17, 15) is 24.6 Å². The highest BCUT2D eigenvalue weighted by atomic mass is 16.6. The number of Topliss-reactive ketones (excluding diaryl/α,β-unsaturated/α-hetero) is 1. The molecule has 3 saturated carbocycles. The first-order valence-electron chi connectivity index (χ1n) is 13.2. The van der Waals surface area contributed by atoms with Crippen LogP contribution in [0.5, 0.6) is 0 Å². The second kappa shape index (κ2) is 9.56. The largest absolute Gasteiger partial charge is 0.480 e. The van der Waals surface area contributed by atoms with E-state index in [1.54, 1.807) is 0 Å². The Morgan fingerprint density at radius 3 is 2.47 bits per heavy atom. The van der Waals surface area contributed by atoms with Crippen molar-refractivity contribution in [2.75, 3.05) is 6.61 Å². The molecule has 1 amide bonds. The number of carbonyl (C=O) groups is 3. The van der Waals surface area contributed by atoms with E-state index in [-0.39, 0.29) is 16.6 Å². The molecule has 36 heavy (non-hydrogen) atoms. The fourth-order valence-corrected chi connectivity index (χ4v) is 8.01. The van der Waals surface area contributed by atoms with Crippen LogP contribution in [0.15, 0.2) is 16.8 Å². The summed E-state index contributed by atoms with van der Waals surface area (Å²) in [6.45, 7) is 6.88. The minimum Gasteiger partial charge on any atom is -0.480 e. The smallest absolute Gasteiger partial charge is 0.328 e. The predicted molar refractivity (Wildman–Crippen MR) is 132 cm³/mol. The number of ketones is 1. The molecule has 4 aliphatic rings. The number of aliphatic hydroxyl groups is 2. The summed E-state index contributed by atoms with van der Waals surface area (Å²) in [5, 5.41) is 36.3. The van der Waals surface area contributed by atoms with Gasteiger partial charge in [0.1, 0.15) is 5.60 Å². The summed E-state index contributed by atoms with van der Waals surface area (Å²) in [7, 11) is 0. The molecule has 9 heteroatoms. The van der Waals surface area contributed by atoms with E-state index in [2.05, 4.69) is 30.4 Å². The number of hydrogen-bond donors (Lipinski definition) is 4. The lowest BCUT2D eigenvalue weighted by Crippen LogP contribution is -2.57. The van der Waals surface area contributed by atoms with Crippen molar-refractivity contribution in [3.8, 4) is 0 Å². The predicted octanol–water partition coefficient (Wildman–Crippen LogP) is 2.59. The molecule has 3 fully saturated rings. The molecule has 200 valence electrons. The lowest BCUT2D eigenvalue weighted by Gasteiger charge is -2.59. The zero-order chi connectivity index (χ0) is 26.5. The van der Waals surface area contributed by atoms with E-state index in [0.29, 0.717) is 24.2 Å². The number of fused-ring (bicyclic) bond motifs is 5. The number of oxime groups is 1. The maximum atomic E-state index is 12.4. The SMILES string of the molecule is CC(=O)[C@@]1(O)CCC2C3CCC4=C/C(=N/OCC(=O)NC(C(=O)O)C(C)O)CC[C@]4(C)C3CC[C@@]21C. The fraction of sp³-hybridized carbons (Fsp3) is 0.778. The molecule has 4 aliphatic carbocycles. The Hall–Kier alpha value is -2.26. The van der Waals surface area contributed by atoms with Crippen LogP contribution in [0, 0.1) is 28.6 Å². The van der Waals surface area contributed by atoms with Crippen molar-refractivity contribution in [2.45, 2.75) is 96.8 Å². The van der Waals surface area contributed by atoms with Crippen molar-refractivity contribution in [1.82, 2.24) is 5.32 Å². The molecule has 5 unspecified atom stereocenters. The molecule has 0 aromatic heterocycles. The molecule has 0 bridgehead atoms. The van der Waals surface area contributed by atoms with E-state index in [0.717, 1.165) is 50.7 Å². The second-order valence-electron chi connectivity index (χ2n) is 11.9. The van der Waals surface area contributed by atoms with Gasteiger partial charge in [-0.3, -0.25) is 9.59 Å². The number of carbonyl (C=O) groups excluding carboxylic acids is 2. The van der Waals surface area contributed by atoms with Gasteiger partial charge >= 0.3 is 5.97 Å². The van der Waals surface area contributed by atoms with Crippen molar-refractivity contribution in [3.05, 3.63) is 11.6 Å². The average Bonchev–Trinajstić information content (AvgIpc) is 3.09. The van der Waals surface area contributed by atoms with Crippen molar-refractivity contribution in [2.24, 2.45) is 33.7 Å². The maximum Gasteiger partial charge on any atom is 0.328 e. The molecule has 0 spiro atoms. The Morgan fingerprint density at radius 2 is 1.83 bits per heavy atom. The number of amides is 1. The third-order valence-corrected chi connectivity index (χ3v) is 10.2. The number of aliphatic hydroxyl groups excluding tert-OH is 1. The molecule has 0 aromatic carbocycles. The van der Waals surface area contributed by atoms with Crippen LogP contribution in [0.25, 0.3) is 0 Å². The Labute approximate surface area is 212 Å². The van der Waals surface area contributed by atoms with Crippen LogP contribution < -0.4 is 5.32 Å². The summed E-state index contributed by atoms with van der Waals surface area (Å²) in [6.07, 6.45) is 7.83. The fourth-order valence-electron chi connectivity index (χ4n) is 8.01. The molecule has 0 saturated heterocycles. The third kappa shape index (κ3) is 4.28. The second-order valence-corrected chi connectivity index (χ2v) is 11.9. The Morgan fingerprint density at radius 1 is 1.14 bits per heavy atom. The topological polar surface area (TPSA) is 146 Å². The number of nitrogens with zero attached hydrogens (tertiary/aromatic N) is 1. The van der Waals surface area contributed by atoms with Gasteiger partial charge in [-0.05, 0) is 94.5 Å². The lowest BCUT2D eigenvalue weighted by molar-refractivity contribution is -0.159. The third-order valence-electron chi connectivity index (χ3n) is 10.2. The summed E-state index contributed by atoms with van der Waals surface area (Å²) in [5.41, 5.74) is 0.622. The normalized spacial score (nSPS) is 40.2. The molecule has 0 heterocycles. The van der Waals surface area contributed by atoms with Crippen molar-refractivity contribution >= 4 is 23.4 Å². The standard InChI is InChI=1S/C27H40N2O7/c1-15(30)23(24(33)34)28-22(32)14-36-29-18-7-10-25(3)17(13-18)5-6-19-20(25)8-11-26(4)21(19)9-12-27(26,35)16(2)31/h13,15,19-21,23,30,35H,5-12,14H2,1-4H3,(H,28,32)(H,33,34)/b29-18+/t15?,19?,20?,21?,23?,25-,26-,27-/m0/s1. The average molecular weight is 505 g/mol. The van der Waals surface area contributed by atoms with Gasteiger partial charge in [-0.25, -0.2) is 4.79 Å². The van der Waals surface area contributed by atoms with Crippen molar-refractivity contribution < 1.29 is 34.5 Å². The van der Waals surface area contributed by atoms with Gasteiger partial charge in [0.15, 0.2) is 18.4 Å². The van der Waals surface area contributed by atoms with E-state index >= 15 is 0 Å². The van der Waals surface area contributed by atoms with E-state index in [4.69, 9.17) is 9.94 Å². The van der Waals surface area contributed by atoms with Crippen molar-refractivity contribution in [3.63, 3.8) is 0 Å². The summed E-state index contributed by atoms with van der Waals surface area (Å²) in [5.74, 6) is -0.709. The Balaban J connectivity index is 1.42. The minimum atomic E-state index is -1.40. The van der Waals surface area contributed by atoms with Crippen LogP contribution >= 0.6 is 0 Å². The van der Waals surface area contributed by atoms with Gasteiger partial charge < -0.3 is 25.5 Å². The van der Waals surface area contributed by atoms with Gasteiger partial charge in [0.25, 0.3) is 5.91 Å². The highest BCUT2D eigenvalue weighted by Crippen LogP contribution is 2.67. The van der Waals surface area contributed by atoms with Crippen LogP contribution in [0.1, 0.15) is 79.1 Å². The number of carboxylic acid groups (broad SMARTS) is 1. The molecule has 4 rings (SSSR count). The summed E-state index contributed by atoms with van der Waals surface area (Å²) < 4.78 is 0. The van der Waals surface area contributed by atoms with E-state index < -0.39 is 36.2 Å². The Kier molecular flexibility index (Phi) is 7.11. The lowest BCUT2D eigenvalue weighted by atomic mass is 9.46. The first kappa shape index (κ1) is 26.8. The zero-order valence-corrected chi connectivity index (χ0v) is 21.7. The highest BCUT2D eigenvalue weighted by Gasteiger charge is 2.65. The number of rotatable bonds is 7. The van der Waals surface area contributed by atoms with Gasteiger partial charge in [-0.1, -0.05) is 24.6 Å². The van der Waals surface area contributed by atoms with Gasteiger partial charge in [0.2, 0.25) is 0 Å². The highest BCUT2D eigenvalue weighted by molar-refractivity contribution is 5.96. The summed E-state index contributed by atoms with van der Waals surface area (Å²) >= 11 is 0. The van der Waals surface area contributed by atoms with Gasteiger partial charge in [0, 0.05) is 5.41 Å². The van der Waals surface area contributed by atoms with Crippen LogP contribution in [0.2, 0.25) is 0 Å². The number of nitrogens with one attached hydrogen (secondary N) is 1. The van der Waals surface area contributed by atoms with Gasteiger partial charge in [0.05, 0.1) is 11.8 Å². The Bertz CT molecular complexity index is 991. The quantitative estimate of drug-likeness (QED) is 0.390. The van der Waals surface area contributed by atoms with Crippen molar-refractivity contribution in [1.29, 1.82) is 0 Å². The van der Waals surface area contributed by atoms with E-state index in [1.807, 2.05) is 0 Å². The first-order chi connectivity index (χ1) is 16.8. The van der Waals surface area contributed by atoms with Crippen LogP contribution in [-0.2, 0) is 19.2 Å². The van der Waals surface area contributed by atoms with Crippen LogP contribution in [-0.4, -0.2) is 63.0 Å². The van der Waals surface area contributed by atoms with Gasteiger partial charge in [-0.15, -0.1) is 0 Å². The molecule has 8 atom stereocenters. The minimum absolute atomic E-state index is 0.0452. The van der Waals surface area contributed by atoms with Crippen LogP contribution in [0.4, 0.5) is 0 Å². The summed E-state index contributed by atoms with van der Waals surface area (Å²) in [4.78, 5) is 40.8. The molecular formula is C27H40N2O7. The molecule has 0 aliphatic heterocycles. The van der Waals surface area contributed by atoms with Crippen LogP contribution in [0.3, 0.4) is 0 Å². The molecular weight excluding hydrogens is 464 g/mol. The number of hydrogen-bond acceptors (Lipinski definition) is 7. The monoisotopic (exact) mass is 504 g/mol. The number of allylic oxidation sites excluding steroid dienone is 2. The van der Waals surface area contributed by atoms with Gasteiger partial charge in [-0.2, -0.15) is 0 Å². The molecule has 4 N–H and O–H groups in total. The maximum absolute atomic E-state index is 12.4. The molecule has 9 nitrogen and oxygen atoms in total. The summed E-state index contributed by atoms with van der Waals surface area (Å²) in [6, 6.07) is -1.40. The molecule has 0 radical (unpaired) electrons. The first-order valence-corrected chi connectivity index (χ1v) is 13.2.